The summed E-state index contributed by atoms with van der Waals surface area (Å²) in [6.07, 6.45) is 1.56. The third kappa shape index (κ3) is 5.02. The Balaban J connectivity index is 1.37. The molecule has 2 heterocycles. The van der Waals surface area contributed by atoms with Crippen LogP contribution in [0.5, 0.6) is 11.6 Å². The van der Waals surface area contributed by atoms with E-state index in [-0.39, 0.29) is 17.9 Å². The van der Waals surface area contributed by atoms with Crippen LogP contribution in [0.25, 0.3) is 11.3 Å². The number of nitrogens with zero attached hydrogens (tertiary/aromatic N) is 1. The van der Waals surface area contributed by atoms with Gasteiger partial charge < -0.3 is 15.0 Å². The minimum atomic E-state index is -0.479. The van der Waals surface area contributed by atoms with Crippen molar-refractivity contribution in [3.63, 3.8) is 0 Å². The fourth-order valence-corrected chi connectivity index (χ4v) is 2.92. The highest BCUT2D eigenvalue weighted by atomic mass is 19.1. The van der Waals surface area contributed by atoms with E-state index in [4.69, 9.17) is 4.74 Å². The van der Waals surface area contributed by atoms with Gasteiger partial charge in [-0.3, -0.25) is 9.59 Å². The van der Waals surface area contributed by atoms with E-state index in [1.54, 1.807) is 24.4 Å². The summed E-state index contributed by atoms with van der Waals surface area (Å²) in [5, 5.41) is 2.71. The Hall–Kier alpha value is -4.26. The molecule has 7 heteroatoms. The summed E-state index contributed by atoms with van der Waals surface area (Å²) in [7, 11) is 0. The molecule has 0 saturated heterocycles. The molecule has 2 aromatic heterocycles. The first kappa shape index (κ1) is 20.0. The molecule has 2 N–H and O–H groups in total. The fraction of sp³-hybridized carbons (Fsp3) is 0.0417. The van der Waals surface area contributed by atoms with Gasteiger partial charge in [-0.15, -0.1) is 0 Å². The second-order valence-electron chi connectivity index (χ2n) is 6.72. The summed E-state index contributed by atoms with van der Waals surface area (Å²) in [4.78, 5) is 31.7. The van der Waals surface area contributed by atoms with Crippen LogP contribution in [-0.4, -0.2) is 15.9 Å². The molecule has 1 amide bonds. The molecular formula is C24H18FN3O3. The quantitative estimate of drug-likeness (QED) is 0.492. The molecular weight excluding hydrogens is 397 g/mol. The van der Waals surface area contributed by atoms with Gasteiger partial charge in [-0.1, -0.05) is 36.4 Å². The zero-order valence-corrected chi connectivity index (χ0v) is 16.3. The van der Waals surface area contributed by atoms with Crippen molar-refractivity contribution in [2.24, 2.45) is 0 Å². The van der Waals surface area contributed by atoms with Gasteiger partial charge in [0.15, 0.2) is 0 Å². The maximum absolute atomic E-state index is 12.9. The van der Waals surface area contributed by atoms with Crippen LogP contribution < -0.4 is 15.6 Å². The monoisotopic (exact) mass is 415 g/mol. The summed E-state index contributed by atoms with van der Waals surface area (Å²) in [6, 6.07) is 21.6. The normalized spacial score (nSPS) is 10.5. The highest BCUT2D eigenvalue weighted by Crippen LogP contribution is 2.19. The standard InChI is InChI=1S/C24H18FN3O3/c25-18-7-9-19(10-8-18)31-22-13-6-16(14-26-22)15-27-23(29)20-11-12-21(28-24(20)30)17-4-2-1-3-5-17/h1-14H,15H2,(H,27,29)(H,28,30). The third-order valence-corrected chi connectivity index (χ3v) is 4.53. The Morgan fingerprint density at radius 3 is 2.42 bits per heavy atom. The molecule has 4 aromatic rings. The van der Waals surface area contributed by atoms with Gasteiger partial charge in [0.25, 0.3) is 11.5 Å². The van der Waals surface area contributed by atoms with Crippen LogP contribution in [0, 0.1) is 5.82 Å². The summed E-state index contributed by atoms with van der Waals surface area (Å²) >= 11 is 0. The number of carbonyl (C=O) groups is 1. The van der Waals surface area contributed by atoms with Crippen LogP contribution in [-0.2, 0) is 6.54 Å². The Bertz CT molecular complexity index is 1240. The molecule has 0 aliphatic carbocycles. The summed E-state index contributed by atoms with van der Waals surface area (Å²) < 4.78 is 18.5. The predicted molar refractivity (Wildman–Crippen MR) is 114 cm³/mol. The van der Waals surface area contributed by atoms with E-state index >= 15 is 0 Å². The summed E-state index contributed by atoms with van der Waals surface area (Å²) in [5.41, 5.74) is 1.81. The number of rotatable bonds is 6. The number of hydrogen-bond donors (Lipinski definition) is 2. The van der Waals surface area contributed by atoms with Crippen molar-refractivity contribution < 1.29 is 13.9 Å². The molecule has 0 unspecified atom stereocenters. The SMILES string of the molecule is O=C(NCc1ccc(Oc2ccc(F)cc2)nc1)c1ccc(-c2ccccc2)[nH]c1=O. The number of benzene rings is 2. The maximum atomic E-state index is 12.9. The van der Waals surface area contributed by atoms with Crippen molar-refractivity contribution in [1.82, 2.24) is 15.3 Å². The number of aromatic amines is 1. The number of nitrogens with one attached hydrogen (secondary N) is 2. The van der Waals surface area contributed by atoms with Crippen LogP contribution in [0.1, 0.15) is 15.9 Å². The molecule has 0 bridgehead atoms. The van der Waals surface area contributed by atoms with E-state index in [0.29, 0.717) is 17.3 Å². The van der Waals surface area contributed by atoms with Gasteiger partial charge in [0.1, 0.15) is 17.1 Å². The number of pyridine rings is 2. The van der Waals surface area contributed by atoms with Gasteiger partial charge in [0.05, 0.1) is 0 Å². The minimum absolute atomic E-state index is 0.0314. The van der Waals surface area contributed by atoms with Crippen molar-refractivity contribution in [3.05, 3.63) is 112 Å². The van der Waals surface area contributed by atoms with Gasteiger partial charge >= 0.3 is 0 Å². The lowest BCUT2D eigenvalue weighted by molar-refractivity contribution is 0.0949. The molecule has 0 radical (unpaired) electrons. The second-order valence-corrected chi connectivity index (χ2v) is 6.72. The number of halogens is 1. The van der Waals surface area contributed by atoms with Crippen molar-refractivity contribution >= 4 is 5.91 Å². The van der Waals surface area contributed by atoms with Gasteiger partial charge in [-0.25, -0.2) is 9.37 Å². The first-order valence-electron chi connectivity index (χ1n) is 9.54. The van der Waals surface area contributed by atoms with E-state index in [2.05, 4.69) is 15.3 Å². The Labute approximate surface area is 177 Å². The number of H-pyrrole nitrogens is 1. The highest BCUT2D eigenvalue weighted by Gasteiger charge is 2.11. The topological polar surface area (TPSA) is 84.1 Å². The molecule has 0 aliphatic heterocycles. The number of aromatic nitrogens is 2. The molecule has 0 saturated carbocycles. The first-order chi connectivity index (χ1) is 15.1. The lowest BCUT2D eigenvalue weighted by atomic mass is 10.1. The molecule has 4 rings (SSSR count). The minimum Gasteiger partial charge on any atom is -0.439 e. The van der Waals surface area contributed by atoms with E-state index < -0.39 is 11.5 Å². The van der Waals surface area contributed by atoms with E-state index in [1.807, 2.05) is 30.3 Å². The van der Waals surface area contributed by atoms with Gasteiger partial charge in [-0.2, -0.15) is 0 Å². The Morgan fingerprint density at radius 2 is 1.74 bits per heavy atom. The van der Waals surface area contributed by atoms with Crippen molar-refractivity contribution in [2.75, 3.05) is 0 Å². The zero-order chi connectivity index (χ0) is 21.6. The molecule has 0 atom stereocenters. The van der Waals surface area contributed by atoms with Gasteiger partial charge in [0.2, 0.25) is 5.88 Å². The molecule has 0 spiro atoms. The fourth-order valence-electron chi connectivity index (χ4n) is 2.92. The average molecular weight is 415 g/mol. The maximum Gasteiger partial charge on any atom is 0.261 e. The van der Waals surface area contributed by atoms with Crippen LogP contribution in [0.15, 0.2) is 89.9 Å². The molecule has 154 valence electrons. The highest BCUT2D eigenvalue weighted by molar-refractivity contribution is 5.94. The Kier molecular flexibility index (Phi) is 5.84. The number of carbonyl (C=O) groups excluding carboxylic acids is 1. The molecule has 6 nitrogen and oxygen atoms in total. The molecule has 31 heavy (non-hydrogen) atoms. The first-order valence-corrected chi connectivity index (χ1v) is 9.54. The van der Waals surface area contributed by atoms with Gasteiger partial charge in [-0.05, 0) is 47.5 Å². The summed E-state index contributed by atoms with van der Waals surface area (Å²) in [5.74, 6) is -0.0183. The number of ether oxygens (including phenoxy) is 1. The third-order valence-electron chi connectivity index (χ3n) is 4.53. The zero-order valence-electron chi connectivity index (χ0n) is 16.3. The molecule has 2 aromatic carbocycles. The van der Waals surface area contributed by atoms with Crippen molar-refractivity contribution in [1.29, 1.82) is 0 Å². The van der Waals surface area contributed by atoms with Crippen LogP contribution >= 0.6 is 0 Å². The van der Waals surface area contributed by atoms with E-state index in [0.717, 1.165) is 11.1 Å². The molecule has 0 fully saturated rings. The van der Waals surface area contributed by atoms with E-state index in [9.17, 15) is 14.0 Å². The second kappa shape index (κ2) is 9.04. The van der Waals surface area contributed by atoms with Crippen LogP contribution in [0.2, 0.25) is 0 Å². The van der Waals surface area contributed by atoms with Crippen molar-refractivity contribution in [2.45, 2.75) is 6.54 Å². The smallest absolute Gasteiger partial charge is 0.261 e. The molecule has 0 aliphatic rings. The number of amides is 1. The average Bonchev–Trinajstić information content (AvgIpc) is 2.80. The van der Waals surface area contributed by atoms with E-state index in [1.165, 1.54) is 30.3 Å². The van der Waals surface area contributed by atoms with Crippen LogP contribution in [0.3, 0.4) is 0 Å². The largest absolute Gasteiger partial charge is 0.439 e. The number of hydrogen-bond acceptors (Lipinski definition) is 4. The predicted octanol–water partition coefficient (Wildman–Crippen LogP) is 4.30. The van der Waals surface area contributed by atoms with Crippen LogP contribution in [0.4, 0.5) is 4.39 Å². The van der Waals surface area contributed by atoms with Gasteiger partial charge in [0, 0.05) is 24.5 Å². The Morgan fingerprint density at radius 1 is 0.968 bits per heavy atom. The van der Waals surface area contributed by atoms with Crippen molar-refractivity contribution in [3.8, 4) is 22.9 Å². The lowest BCUT2D eigenvalue weighted by Crippen LogP contribution is -2.29. The summed E-state index contributed by atoms with van der Waals surface area (Å²) in [6.45, 7) is 0.197. The lowest BCUT2D eigenvalue weighted by Gasteiger charge is -2.08.